The number of nitrogens with zero attached hydrogens (tertiary/aromatic N) is 2. The molecule has 1 aliphatic rings. The Bertz CT molecular complexity index is 775. The zero-order chi connectivity index (χ0) is 19.2. The molecule has 144 valence electrons. The summed E-state index contributed by atoms with van der Waals surface area (Å²) in [6.07, 6.45) is 6.81. The van der Waals surface area contributed by atoms with E-state index in [2.05, 4.69) is 10.3 Å². The van der Waals surface area contributed by atoms with Gasteiger partial charge in [0, 0.05) is 60.3 Å². The normalized spacial score (nSPS) is 17.2. The second kappa shape index (κ2) is 8.99. The summed E-state index contributed by atoms with van der Waals surface area (Å²) in [4.78, 5) is 19.1. The van der Waals surface area contributed by atoms with Crippen molar-refractivity contribution < 1.29 is 13.7 Å². The summed E-state index contributed by atoms with van der Waals surface area (Å²) in [6, 6.07) is 11.0. The van der Waals surface area contributed by atoms with E-state index in [1.54, 1.807) is 18.6 Å². The van der Waals surface area contributed by atoms with Crippen LogP contribution in [0.4, 0.5) is 4.79 Å². The highest BCUT2D eigenvalue weighted by Gasteiger charge is 2.24. The lowest BCUT2D eigenvalue weighted by atomic mass is 10.1. The maximum Gasteiger partial charge on any atom is 0.317 e. The molecule has 0 radical (unpaired) electrons. The van der Waals surface area contributed by atoms with Gasteiger partial charge in [0.15, 0.2) is 0 Å². The topological polar surface area (TPSA) is 71.5 Å². The molecule has 1 saturated heterocycles. The minimum absolute atomic E-state index is 0.0620. The Kier molecular flexibility index (Phi) is 6.45. The van der Waals surface area contributed by atoms with Gasteiger partial charge in [0.2, 0.25) is 0 Å². The van der Waals surface area contributed by atoms with E-state index in [9.17, 15) is 9.00 Å². The number of benzene rings is 1. The second-order valence-electron chi connectivity index (χ2n) is 6.68. The number of amides is 2. The Labute approximate surface area is 162 Å². The number of rotatable bonds is 5. The van der Waals surface area contributed by atoms with Crippen LogP contribution in [0.15, 0.2) is 53.7 Å². The van der Waals surface area contributed by atoms with E-state index in [0.29, 0.717) is 13.1 Å². The molecule has 1 aromatic carbocycles. The minimum atomic E-state index is -0.994. The van der Waals surface area contributed by atoms with Crippen molar-refractivity contribution in [3.8, 4) is 5.75 Å². The Morgan fingerprint density at radius 1 is 1.19 bits per heavy atom. The van der Waals surface area contributed by atoms with Gasteiger partial charge in [-0.25, -0.2) is 4.79 Å². The van der Waals surface area contributed by atoms with Gasteiger partial charge in [0.05, 0.1) is 6.04 Å². The molecule has 7 heteroatoms. The molecule has 2 unspecified atom stereocenters. The SMILES string of the molecule is CC(NC(=O)N1CCC(Oc2ccncc2)CC1)c1ccc(S(C)=O)cc1. The van der Waals surface area contributed by atoms with Crippen LogP contribution in [-0.4, -0.2) is 45.6 Å². The third-order valence-corrected chi connectivity index (χ3v) is 5.67. The van der Waals surface area contributed by atoms with Crippen molar-refractivity contribution in [1.29, 1.82) is 0 Å². The zero-order valence-corrected chi connectivity index (χ0v) is 16.4. The van der Waals surface area contributed by atoms with Crippen molar-refractivity contribution in [3.63, 3.8) is 0 Å². The summed E-state index contributed by atoms with van der Waals surface area (Å²) in [7, 11) is -0.994. The molecule has 0 aliphatic carbocycles. The Balaban J connectivity index is 1.48. The highest BCUT2D eigenvalue weighted by atomic mass is 32.2. The maximum atomic E-state index is 12.5. The van der Waals surface area contributed by atoms with E-state index in [1.807, 2.05) is 48.2 Å². The van der Waals surface area contributed by atoms with Crippen LogP contribution in [0.2, 0.25) is 0 Å². The molecule has 0 saturated carbocycles. The first-order valence-corrected chi connectivity index (χ1v) is 10.6. The van der Waals surface area contributed by atoms with Crippen LogP contribution in [0, 0.1) is 0 Å². The number of carbonyl (C=O) groups excluding carboxylic acids is 1. The van der Waals surface area contributed by atoms with E-state index in [1.165, 1.54) is 0 Å². The van der Waals surface area contributed by atoms with E-state index in [4.69, 9.17) is 4.74 Å². The molecule has 3 rings (SSSR count). The van der Waals surface area contributed by atoms with Gasteiger partial charge >= 0.3 is 6.03 Å². The first-order valence-electron chi connectivity index (χ1n) is 9.08. The Morgan fingerprint density at radius 3 is 2.41 bits per heavy atom. The Hall–Kier alpha value is -2.41. The molecule has 2 amide bonds. The number of ether oxygens (including phenoxy) is 1. The van der Waals surface area contributed by atoms with Gasteiger partial charge in [-0.2, -0.15) is 0 Å². The average Bonchev–Trinajstić information content (AvgIpc) is 2.69. The van der Waals surface area contributed by atoms with Crippen LogP contribution in [0.3, 0.4) is 0 Å². The van der Waals surface area contributed by atoms with Gasteiger partial charge in [-0.1, -0.05) is 12.1 Å². The summed E-state index contributed by atoms with van der Waals surface area (Å²) in [5.41, 5.74) is 0.994. The van der Waals surface area contributed by atoms with Crippen molar-refractivity contribution in [2.24, 2.45) is 0 Å². The predicted molar refractivity (Wildman–Crippen MR) is 105 cm³/mol. The summed E-state index contributed by atoms with van der Waals surface area (Å²) >= 11 is 0. The molecule has 1 aliphatic heterocycles. The van der Waals surface area contributed by atoms with E-state index >= 15 is 0 Å². The predicted octanol–water partition coefficient (Wildman–Crippen LogP) is 3.13. The second-order valence-corrected chi connectivity index (χ2v) is 8.06. The average molecular weight is 388 g/mol. The highest BCUT2D eigenvalue weighted by molar-refractivity contribution is 7.84. The molecule has 27 heavy (non-hydrogen) atoms. The first-order chi connectivity index (χ1) is 13.0. The Morgan fingerprint density at radius 2 is 1.81 bits per heavy atom. The zero-order valence-electron chi connectivity index (χ0n) is 15.6. The number of hydrogen-bond donors (Lipinski definition) is 1. The molecular weight excluding hydrogens is 362 g/mol. The lowest BCUT2D eigenvalue weighted by Crippen LogP contribution is -2.47. The number of urea groups is 1. The number of likely N-dealkylation sites (tertiary alicyclic amines) is 1. The van der Waals surface area contributed by atoms with Crippen molar-refractivity contribution in [2.45, 2.75) is 36.8 Å². The number of nitrogens with one attached hydrogen (secondary N) is 1. The molecule has 0 spiro atoms. The standard InChI is InChI=1S/C20H25N3O3S/c1-15(16-3-5-19(6-4-16)27(2)25)22-20(24)23-13-9-18(10-14-23)26-17-7-11-21-12-8-17/h3-8,11-12,15,18H,9-10,13-14H2,1-2H3,(H,22,24). The number of hydrogen-bond acceptors (Lipinski definition) is 4. The fraction of sp³-hybridized carbons (Fsp3) is 0.400. The number of piperidine rings is 1. The first kappa shape index (κ1) is 19.4. The molecule has 1 N–H and O–H groups in total. The summed E-state index contributed by atoms with van der Waals surface area (Å²) in [6.45, 7) is 3.29. The van der Waals surface area contributed by atoms with Crippen LogP contribution >= 0.6 is 0 Å². The highest BCUT2D eigenvalue weighted by Crippen LogP contribution is 2.19. The lowest BCUT2D eigenvalue weighted by molar-refractivity contribution is 0.110. The fourth-order valence-corrected chi connectivity index (χ4v) is 3.61. The quantitative estimate of drug-likeness (QED) is 0.856. The summed E-state index contributed by atoms with van der Waals surface area (Å²) in [5.74, 6) is 0.818. The van der Waals surface area contributed by atoms with Crippen LogP contribution in [0.1, 0.15) is 31.4 Å². The van der Waals surface area contributed by atoms with Gasteiger partial charge in [-0.3, -0.25) is 9.19 Å². The number of aromatic nitrogens is 1. The third kappa shape index (κ3) is 5.29. The smallest absolute Gasteiger partial charge is 0.317 e. The molecule has 2 aromatic rings. The van der Waals surface area contributed by atoms with Crippen LogP contribution < -0.4 is 10.1 Å². The molecule has 6 nitrogen and oxygen atoms in total. The van der Waals surface area contributed by atoms with Gasteiger partial charge in [0.25, 0.3) is 0 Å². The molecule has 2 atom stereocenters. The van der Waals surface area contributed by atoms with Crippen LogP contribution in [0.25, 0.3) is 0 Å². The van der Waals surface area contributed by atoms with E-state index in [0.717, 1.165) is 29.1 Å². The van der Waals surface area contributed by atoms with E-state index in [-0.39, 0.29) is 18.2 Å². The van der Waals surface area contributed by atoms with Crippen molar-refractivity contribution in [1.82, 2.24) is 15.2 Å². The molecule has 2 heterocycles. The third-order valence-electron chi connectivity index (χ3n) is 4.73. The lowest BCUT2D eigenvalue weighted by Gasteiger charge is -2.33. The molecule has 1 fully saturated rings. The van der Waals surface area contributed by atoms with Crippen LogP contribution in [0.5, 0.6) is 5.75 Å². The van der Waals surface area contributed by atoms with Crippen LogP contribution in [-0.2, 0) is 10.8 Å². The summed E-state index contributed by atoms with van der Waals surface area (Å²) < 4.78 is 17.4. The van der Waals surface area contributed by atoms with Crippen molar-refractivity contribution in [3.05, 3.63) is 54.4 Å². The number of pyridine rings is 1. The number of carbonyl (C=O) groups is 1. The fourth-order valence-electron chi connectivity index (χ4n) is 3.09. The molecular formula is C20H25N3O3S. The van der Waals surface area contributed by atoms with Gasteiger partial charge in [-0.05, 0) is 36.8 Å². The van der Waals surface area contributed by atoms with E-state index < -0.39 is 10.8 Å². The molecule has 1 aromatic heterocycles. The van der Waals surface area contributed by atoms with Crippen molar-refractivity contribution in [2.75, 3.05) is 19.3 Å². The maximum absolute atomic E-state index is 12.5. The monoisotopic (exact) mass is 387 g/mol. The minimum Gasteiger partial charge on any atom is -0.490 e. The summed E-state index contributed by atoms with van der Waals surface area (Å²) in [5, 5.41) is 3.04. The largest absolute Gasteiger partial charge is 0.490 e. The van der Waals surface area contributed by atoms with Gasteiger partial charge in [-0.15, -0.1) is 0 Å². The van der Waals surface area contributed by atoms with Gasteiger partial charge in [0.1, 0.15) is 11.9 Å². The van der Waals surface area contributed by atoms with Crippen molar-refractivity contribution >= 4 is 16.8 Å². The van der Waals surface area contributed by atoms with Gasteiger partial charge < -0.3 is 15.0 Å². The molecule has 0 bridgehead atoms.